The highest BCUT2D eigenvalue weighted by atomic mass is 19.1. The number of carbonyl (C=O) groups excluding carboxylic acids is 1. The van der Waals surface area contributed by atoms with Gasteiger partial charge in [0, 0.05) is 25.3 Å². The van der Waals surface area contributed by atoms with Gasteiger partial charge in [0.25, 0.3) is 11.5 Å². The summed E-state index contributed by atoms with van der Waals surface area (Å²) in [5.41, 5.74) is 1.48. The Morgan fingerprint density at radius 3 is 2.50 bits per heavy atom. The molecule has 1 amide bonds. The highest BCUT2D eigenvalue weighted by molar-refractivity contribution is 5.93. The summed E-state index contributed by atoms with van der Waals surface area (Å²) in [4.78, 5) is 28.3. The third kappa shape index (κ3) is 4.01. The molecular weight excluding hydrogens is 309 g/mol. The average Bonchev–Trinajstić information content (AvgIpc) is 2.55. The van der Waals surface area contributed by atoms with E-state index in [1.54, 1.807) is 25.1 Å². The van der Waals surface area contributed by atoms with Gasteiger partial charge in [-0.3, -0.25) is 9.59 Å². The Morgan fingerprint density at radius 1 is 1.21 bits per heavy atom. The Kier molecular flexibility index (Phi) is 5.73. The lowest BCUT2D eigenvalue weighted by Crippen LogP contribution is -2.29. The van der Waals surface area contributed by atoms with Gasteiger partial charge in [-0.15, -0.1) is 0 Å². The lowest BCUT2D eigenvalue weighted by Gasteiger charge is -2.21. The summed E-state index contributed by atoms with van der Waals surface area (Å²) in [7, 11) is 0. The number of carbonyl (C=O) groups is 1. The molecule has 2 aromatic rings. The van der Waals surface area contributed by atoms with E-state index < -0.39 is 11.5 Å². The van der Waals surface area contributed by atoms with Gasteiger partial charge in [-0.1, -0.05) is 6.07 Å². The number of hydrogen-bond donors (Lipinski definition) is 2. The molecule has 0 aliphatic carbocycles. The van der Waals surface area contributed by atoms with Crippen LogP contribution in [0.3, 0.4) is 0 Å². The van der Waals surface area contributed by atoms with Crippen LogP contribution in [0.4, 0.5) is 10.1 Å². The number of anilines is 1. The molecule has 5 nitrogen and oxygen atoms in total. The van der Waals surface area contributed by atoms with E-state index in [4.69, 9.17) is 0 Å². The summed E-state index contributed by atoms with van der Waals surface area (Å²) in [6.45, 7) is 7.27. The number of halogens is 1. The number of rotatable bonds is 6. The van der Waals surface area contributed by atoms with E-state index in [0.717, 1.165) is 13.1 Å². The lowest BCUT2D eigenvalue weighted by atomic mass is 10.1. The molecule has 2 N–H and O–H groups in total. The van der Waals surface area contributed by atoms with Crippen molar-refractivity contribution >= 4 is 11.6 Å². The molecule has 128 valence electrons. The fourth-order valence-corrected chi connectivity index (χ4v) is 2.51. The second-order valence-electron chi connectivity index (χ2n) is 5.52. The van der Waals surface area contributed by atoms with Crippen molar-refractivity contribution in [3.8, 4) is 0 Å². The molecule has 0 fully saturated rings. The van der Waals surface area contributed by atoms with Crippen LogP contribution in [-0.2, 0) is 6.54 Å². The molecular formula is C18H22FN3O2. The molecule has 24 heavy (non-hydrogen) atoms. The Hall–Kier alpha value is -2.63. The molecule has 1 aromatic carbocycles. The number of H-pyrrole nitrogens is 1. The fraction of sp³-hybridized carbons (Fsp3) is 0.333. The first-order valence-corrected chi connectivity index (χ1v) is 7.97. The van der Waals surface area contributed by atoms with Gasteiger partial charge in [-0.25, -0.2) is 4.39 Å². The molecule has 0 bridgehead atoms. The summed E-state index contributed by atoms with van der Waals surface area (Å²) in [6, 6.07) is 8.04. The molecule has 0 spiro atoms. The minimum Gasteiger partial charge on any atom is -0.370 e. The molecule has 0 aliphatic heterocycles. The molecule has 0 saturated heterocycles. The third-order valence-corrected chi connectivity index (χ3v) is 3.87. The molecule has 2 rings (SSSR count). The van der Waals surface area contributed by atoms with Crippen molar-refractivity contribution < 1.29 is 9.18 Å². The zero-order chi connectivity index (χ0) is 17.7. The maximum Gasteiger partial charge on any atom is 0.260 e. The summed E-state index contributed by atoms with van der Waals surface area (Å²) in [6.07, 6.45) is 0. The predicted octanol–water partition coefficient (Wildman–Crippen LogP) is 2.60. The first-order valence-electron chi connectivity index (χ1n) is 7.97. The van der Waals surface area contributed by atoms with Gasteiger partial charge in [-0.05, 0) is 50.6 Å². The van der Waals surface area contributed by atoms with Crippen molar-refractivity contribution in [1.82, 2.24) is 10.3 Å². The zero-order valence-electron chi connectivity index (χ0n) is 14.1. The van der Waals surface area contributed by atoms with Gasteiger partial charge in [0.15, 0.2) is 0 Å². The molecule has 6 heteroatoms. The number of aromatic nitrogens is 1. The van der Waals surface area contributed by atoms with E-state index in [0.29, 0.717) is 16.9 Å². The van der Waals surface area contributed by atoms with Gasteiger partial charge >= 0.3 is 0 Å². The Morgan fingerprint density at radius 2 is 1.92 bits per heavy atom. The lowest BCUT2D eigenvalue weighted by molar-refractivity contribution is 0.0949. The van der Waals surface area contributed by atoms with Crippen molar-refractivity contribution in [2.24, 2.45) is 0 Å². The van der Waals surface area contributed by atoms with Crippen LogP contribution in [-0.4, -0.2) is 24.0 Å². The standard InChI is InChI=1S/C18H22FN3O2/c1-4-22(5-2)16-9-7-13(10-15(16)19)11-20-17(23)14-8-6-12(3)21-18(14)24/h6-10H,4-5,11H2,1-3H3,(H,20,23)(H,21,24). The van der Waals surface area contributed by atoms with E-state index in [-0.39, 0.29) is 17.9 Å². The molecule has 0 atom stereocenters. The number of hydrogen-bond acceptors (Lipinski definition) is 3. The summed E-state index contributed by atoms with van der Waals surface area (Å²) < 4.78 is 14.2. The summed E-state index contributed by atoms with van der Waals surface area (Å²) in [5.74, 6) is -0.803. The zero-order valence-corrected chi connectivity index (χ0v) is 14.1. The van der Waals surface area contributed by atoms with Gasteiger partial charge in [0.2, 0.25) is 0 Å². The minimum atomic E-state index is -0.482. The maximum absolute atomic E-state index is 14.2. The molecule has 1 aromatic heterocycles. The van der Waals surface area contributed by atoms with Crippen LogP contribution in [0.25, 0.3) is 0 Å². The maximum atomic E-state index is 14.2. The third-order valence-electron chi connectivity index (χ3n) is 3.87. The number of nitrogens with one attached hydrogen (secondary N) is 2. The van der Waals surface area contributed by atoms with Crippen LogP contribution in [0.2, 0.25) is 0 Å². The monoisotopic (exact) mass is 331 g/mol. The Bertz CT molecular complexity index is 782. The van der Waals surface area contributed by atoms with Gasteiger partial charge < -0.3 is 15.2 Å². The van der Waals surface area contributed by atoms with Crippen LogP contribution in [0, 0.1) is 12.7 Å². The molecule has 0 aliphatic rings. The largest absolute Gasteiger partial charge is 0.370 e. The molecule has 0 radical (unpaired) electrons. The van der Waals surface area contributed by atoms with Crippen molar-refractivity contribution in [3.05, 3.63) is 63.3 Å². The Labute approximate surface area is 140 Å². The van der Waals surface area contributed by atoms with Gasteiger partial charge in [0.05, 0.1) is 5.69 Å². The van der Waals surface area contributed by atoms with Crippen LogP contribution in [0.1, 0.15) is 35.5 Å². The number of benzene rings is 1. The minimum absolute atomic E-state index is 0.0424. The summed E-state index contributed by atoms with van der Waals surface area (Å²) in [5, 5.41) is 2.64. The quantitative estimate of drug-likeness (QED) is 0.855. The summed E-state index contributed by atoms with van der Waals surface area (Å²) >= 11 is 0. The normalized spacial score (nSPS) is 10.5. The smallest absolute Gasteiger partial charge is 0.260 e. The van der Waals surface area contributed by atoms with Crippen LogP contribution >= 0.6 is 0 Å². The van der Waals surface area contributed by atoms with E-state index in [1.807, 2.05) is 18.7 Å². The molecule has 0 unspecified atom stereocenters. The number of amides is 1. The van der Waals surface area contributed by atoms with E-state index >= 15 is 0 Å². The van der Waals surface area contributed by atoms with Crippen LogP contribution in [0.15, 0.2) is 35.1 Å². The highest BCUT2D eigenvalue weighted by Gasteiger charge is 2.12. The predicted molar refractivity (Wildman–Crippen MR) is 92.9 cm³/mol. The number of aromatic amines is 1. The second kappa shape index (κ2) is 7.77. The first kappa shape index (κ1) is 17.7. The van der Waals surface area contributed by atoms with Crippen molar-refractivity contribution in [2.75, 3.05) is 18.0 Å². The average molecular weight is 331 g/mol. The second-order valence-corrected chi connectivity index (χ2v) is 5.52. The van der Waals surface area contributed by atoms with Crippen LogP contribution < -0.4 is 15.8 Å². The highest BCUT2D eigenvalue weighted by Crippen LogP contribution is 2.20. The topological polar surface area (TPSA) is 65.2 Å². The number of pyridine rings is 1. The molecule has 0 saturated carbocycles. The first-order chi connectivity index (χ1) is 11.5. The molecule has 1 heterocycles. The SMILES string of the molecule is CCN(CC)c1ccc(CNC(=O)c2ccc(C)[nH]c2=O)cc1F. The van der Waals surface area contributed by atoms with E-state index in [9.17, 15) is 14.0 Å². The van der Waals surface area contributed by atoms with Crippen molar-refractivity contribution in [2.45, 2.75) is 27.3 Å². The van der Waals surface area contributed by atoms with Crippen LogP contribution in [0.5, 0.6) is 0 Å². The van der Waals surface area contributed by atoms with E-state index in [1.165, 1.54) is 12.1 Å². The number of aryl methyl sites for hydroxylation is 1. The van der Waals surface area contributed by atoms with Crippen molar-refractivity contribution in [1.29, 1.82) is 0 Å². The van der Waals surface area contributed by atoms with Gasteiger partial charge in [-0.2, -0.15) is 0 Å². The Balaban J connectivity index is 2.08. The van der Waals surface area contributed by atoms with Crippen molar-refractivity contribution in [3.63, 3.8) is 0 Å². The fourth-order valence-electron chi connectivity index (χ4n) is 2.51. The number of nitrogens with zero attached hydrogens (tertiary/aromatic N) is 1. The van der Waals surface area contributed by atoms with Gasteiger partial charge in [0.1, 0.15) is 11.4 Å². The van der Waals surface area contributed by atoms with E-state index in [2.05, 4.69) is 10.3 Å².